The molecule has 0 atom stereocenters. The molecule has 1 aromatic heterocycles. The van der Waals surface area contributed by atoms with E-state index in [2.05, 4.69) is 0 Å². The number of rotatable bonds is 4. The molecule has 0 bridgehead atoms. The van der Waals surface area contributed by atoms with Gasteiger partial charge in [0.05, 0.1) is 13.0 Å². The van der Waals surface area contributed by atoms with Crippen molar-refractivity contribution < 1.29 is 9.53 Å². The van der Waals surface area contributed by atoms with Gasteiger partial charge in [-0.25, -0.2) is 0 Å². The maximum atomic E-state index is 11.2. The van der Waals surface area contributed by atoms with Crippen molar-refractivity contribution in [2.24, 2.45) is 0 Å². The molecule has 0 aliphatic rings. The van der Waals surface area contributed by atoms with Crippen LogP contribution in [0.4, 0.5) is 0 Å². The van der Waals surface area contributed by atoms with Crippen molar-refractivity contribution in [3.05, 3.63) is 34.7 Å². The molecule has 76 valence electrons. The molecule has 4 nitrogen and oxygen atoms in total. The number of aryl methyl sites for hydroxylation is 1. The summed E-state index contributed by atoms with van der Waals surface area (Å²) in [7, 11) is 0. The highest BCUT2D eigenvalue weighted by atomic mass is 16.5. The molecular formula is C10H13NO3. The minimum Gasteiger partial charge on any atom is -0.466 e. The molecule has 1 rings (SSSR count). The van der Waals surface area contributed by atoms with Crippen LogP contribution < -0.4 is 5.56 Å². The number of aromatic nitrogens is 1. The molecule has 4 heteroatoms. The molecule has 0 fully saturated rings. The largest absolute Gasteiger partial charge is 0.466 e. The number of hydrogen-bond acceptors (Lipinski definition) is 3. The second kappa shape index (κ2) is 5.21. The highest BCUT2D eigenvalue weighted by Gasteiger charge is 2.01. The molecule has 0 aliphatic heterocycles. The van der Waals surface area contributed by atoms with Crippen LogP contribution in [0.3, 0.4) is 0 Å². The third-order valence-electron chi connectivity index (χ3n) is 1.76. The van der Waals surface area contributed by atoms with Gasteiger partial charge >= 0.3 is 5.97 Å². The van der Waals surface area contributed by atoms with Gasteiger partial charge in [-0.1, -0.05) is 6.07 Å². The lowest BCUT2D eigenvalue weighted by atomic mass is 10.4. The van der Waals surface area contributed by atoms with Crippen molar-refractivity contribution in [2.75, 3.05) is 6.61 Å². The Morgan fingerprint density at radius 2 is 2.29 bits per heavy atom. The lowest BCUT2D eigenvalue weighted by Gasteiger charge is -2.04. The number of carbonyl (C=O) groups excluding carboxylic acids is 1. The Morgan fingerprint density at radius 1 is 1.50 bits per heavy atom. The molecule has 1 heterocycles. The average Bonchev–Trinajstić information content (AvgIpc) is 2.17. The lowest BCUT2D eigenvalue weighted by Crippen LogP contribution is -2.20. The van der Waals surface area contributed by atoms with Crippen molar-refractivity contribution >= 4 is 5.97 Å². The average molecular weight is 195 g/mol. The molecule has 0 unspecified atom stereocenters. The minimum absolute atomic E-state index is 0.100. The van der Waals surface area contributed by atoms with E-state index in [1.165, 1.54) is 10.6 Å². The molecule has 0 amide bonds. The molecule has 0 aromatic carbocycles. The zero-order chi connectivity index (χ0) is 10.4. The Balaban J connectivity index is 2.50. The maximum Gasteiger partial charge on any atom is 0.307 e. The van der Waals surface area contributed by atoms with Crippen LogP contribution in [0.2, 0.25) is 0 Å². The van der Waals surface area contributed by atoms with Crippen LogP contribution in [-0.2, 0) is 16.1 Å². The smallest absolute Gasteiger partial charge is 0.307 e. The fraction of sp³-hybridized carbons (Fsp3) is 0.400. The Morgan fingerprint density at radius 3 is 2.93 bits per heavy atom. The summed E-state index contributed by atoms with van der Waals surface area (Å²) in [6, 6.07) is 4.89. The van der Waals surface area contributed by atoms with E-state index in [0.717, 1.165) is 0 Å². The molecule has 0 radical (unpaired) electrons. The summed E-state index contributed by atoms with van der Waals surface area (Å²) in [4.78, 5) is 22.2. The standard InChI is InChI=1S/C10H13NO3/c1-2-14-10(13)6-8-11-7-4-3-5-9(11)12/h3-5,7H,2,6,8H2,1H3. The van der Waals surface area contributed by atoms with Gasteiger partial charge in [0.1, 0.15) is 0 Å². The van der Waals surface area contributed by atoms with Crippen LogP contribution in [0.25, 0.3) is 0 Å². The normalized spacial score (nSPS) is 9.79. The summed E-state index contributed by atoms with van der Waals surface area (Å²) in [5.41, 5.74) is -0.100. The van der Waals surface area contributed by atoms with E-state index in [4.69, 9.17) is 4.74 Å². The van der Waals surface area contributed by atoms with Crippen LogP contribution in [-0.4, -0.2) is 17.1 Å². The summed E-state index contributed by atoms with van der Waals surface area (Å²) in [6.45, 7) is 2.51. The molecule has 1 aromatic rings. The van der Waals surface area contributed by atoms with E-state index in [1.54, 1.807) is 25.3 Å². The SMILES string of the molecule is CCOC(=O)CCn1ccccc1=O. The number of hydrogen-bond donors (Lipinski definition) is 0. The highest BCUT2D eigenvalue weighted by Crippen LogP contribution is 1.90. The van der Waals surface area contributed by atoms with Crippen molar-refractivity contribution in [3.63, 3.8) is 0 Å². The molecule has 14 heavy (non-hydrogen) atoms. The van der Waals surface area contributed by atoms with Gasteiger partial charge in [0.2, 0.25) is 0 Å². The monoisotopic (exact) mass is 195 g/mol. The van der Waals surface area contributed by atoms with Crippen molar-refractivity contribution in [3.8, 4) is 0 Å². The topological polar surface area (TPSA) is 48.3 Å². The Labute approximate surface area is 82.1 Å². The summed E-state index contributed by atoms with van der Waals surface area (Å²) in [5.74, 6) is -0.275. The van der Waals surface area contributed by atoms with E-state index in [-0.39, 0.29) is 17.9 Å². The van der Waals surface area contributed by atoms with Crippen molar-refractivity contribution in [1.29, 1.82) is 0 Å². The van der Waals surface area contributed by atoms with Crippen LogP contribution >= 0.6 is 0 Å². The fourth-order valence-corrected chi connectivity index (χ4v) is 1.09. The van der Waals surface area contributed by atoms with Gasteiger partial charge in [-0.2, -0.15) is 0 Å². The van der Waals surface area contributed by atoms with E-state index in [9.17, 15) is 9.59 Å². The second-order valence-electron chi connectivity index (χ2n) is 2.79. The number of pyridine rings is 1. The third kappa shape index (κ3) is 3.05. The predicted octanol–water partition coefficient (Wildman–Crippen LogP) is 0.801. The summed E-state index contributed by atoms with van der Waals surface area (Å²) < 4.78 is 6.23. The number of carbonyl (C=O) groups is 1. The molecular weight excluding hydrogens is 182 g/mol. The first-order valence-corrected chi connectivity index (χ1v) is 4.55. The maximum absolute atomic E-state index is 11.2. The Kier molecular flexibility index (Phi) is 3.91. The Bertz CT molecular complexity index is 356. The van der Waals surface area contributed by atoms with Crippen LogP contribution in [0.5, 0.6) is 0 Å². The van der Waals surface area contributed by atoms with Crippen LogP contribution in [0.15, 0.2) is 29.2 Å². The lowest BCUT2D eigenvalue weighted by molar-refractivity contribution is -0.143. The number of ether oxygens (including phenoxy) is 1. The highest BCUT2D eigenvalue weighted by molar-refractivity contribution is 5.69. The Hall–Kier alpha value is -1.58. The quantitative estimate of drug-likeness (QED) is 0.668. The van der Waals surface area contributed by atoms with E-state index in [1.807, 2.05) is 0 Å². The van der Waals surface area contributed by atoms with E-state index >= 15 is 0 Å². The van der Waals surface area contributed by atoms with Crippen LogP contribution in [0, 0.1) is 0 Å². The van der Waals surface area contributed by atoms with Gasteiger partial charge in [-0.05, 0) is 13.0 Å². The molecule has 0 aliphatic carbocycles. The first kappa shape index (κ1) is 10.5. The third-order valence-corrected chi connectivity index (χ3v) is 1.76. The zero-order valence-corrected chi connectivity index (χ0v) is 8.10. The van der Waals surface area contributed by atoms with E-state index in [0.29, 0.717) is 13.2 Å². The van der Waals surface area contributed by atoms with Crippen molar-refractivity contribution in [2.45, 2.75) is 19.9 Å². The van der Waals surface area contributed by atoms with Crippen molar-refractivity contribution in [1.82, 2.24) is 4.57 Å². The van der Waals surface area contributed by atoms with E-state index < -0.39 is 0 Å². The van der Waals surface area contributed by atoms with Gasteiger partial charge < -0.3 is 9.30 Å². The van der Waals surface area contributed by atoms with Gasteiger partial charge in [0.15, 0.2) is 0 Å². The first-order chi connectivity index (χ1) is 6.74. The number of nitrogens with zero attached hydrogens (tertiary/aromatic N) is 1. The van der Waals surface area contributed by atoms with Gasteiger partial charge in [0.25, 0.3) is 5.56 Å². The zero-order valence-electron chi connectivity index (χ0n) is 8.10. The molecule has 0 N–H and O–H groups in total. The minimum atomic E-state index is -0.275. The molecule has 0 saturated carbocycles. The van der Waals surface area contributed by atoms with Gasteiger partial charge in [0, 0.05) is 18.8 Å². The molecule has 0 spiro atoms. The second-order valence-corrected chi connectivity index (χ2v) is 2.79. The summed E-state index contributed by atoms with van der Waals surface area (Å²) in [6.07, 6.45) is 1.89. The van der Waals surface area contributed by atoms with Crippen LogP contribution in [0.1, 0.15) is 13.3 Å². The molecule has 0 saturated heterocycles. The summed E-state index contributed by atoms with van der Waals surface area (Å²) in [5, 5.41) is 0. The fourth-order valence-electron chi connectivity index (χ4n) is 1.09. The van der Waals surface area contributed by atoms with Gasteiger partial charge in [-0.3, -0.25) is 9.59 Å². The van der Waals surface area contributed by atoms with Gasteiger partial charge in [-0.15, -0.1) is 0 Å². The number of esters is 1. The predicted molar refractivity (Wildman–Crippen MR) is 52.0 cm³/mol. The summed E-state index contributed by atoms with van der Waals surface area (Å²) >= 11 is 0. The first-order valence-electron chi connectivity index (χ1n) is 4.55.